The van der Waals surface area contributed by atoms with Gasteiger partial charge in [0.1, 0.15) is 17.2 Å². The Hall–Kier alpha value is -4.97. The van der Waals surface area contributed by atoms with E-state index in [2.05, 4.69) is 0 Å². The van der Waals surface area contributed by atoms with E-state index in [1.807, 2.05) is 109 Å². The van der Waals surface area contributed by atoms with Gasteiger partial charge >= 0.3 is 5.97 Å². The summed E-state index contributed by atoms with van der Waals surface area (Å²) in [7, 11) is 1.64. The highest BCUT2D eigenvalue weighted by Crippen LogP contribution is 2.54. The number of benzene rings is 5. The van der Waals surface area contributed by atoms with Gasteiger partial charge in [0.05, 0.1) is 13.7 Å². The van der Waals surface area contributed by atoms with Crippen molar-refractivity contribution in [1.29, 1.82) is 0 Å². The molecule has 5 aromatic rings. The van der Waals surface area contributed by atoms with Crippen LogP contribution in [0.1, 0.15) is 12.5 Å². The lowest BCUT2D eigenvalue weighted by Crippen LogP contribution is -2.08. The van der Waals surface area contributed by atoms with Crippen molar-refractivity contribution in [2.45, 2.75) is 13.3 Å². The fourth-order valence-electron chi connectivity index (χ4n) is 4.18. The van der Waals surface area contributed by atoms with Crippen molar-refractivity contribution >= 4 is 16.7 Å². The van der Waals surface area contributed by atoms with Crippen LogP contribution < -0.4 is 23.7 Å². The first kappa shape index (κ1) is 25.7. The molecule has 0 saturated carbocycles. The Morgan fingerprint density at radius 2 is 1.10 bits per heavy atom. The van der Waals surface area contributed by atoms with Crippen LogP contribution in [0.3, 0.4) is 0 Å². The molecule has 0 heterocycles. The lowest BCUT2D eigenvalue weighted by molar-refractivity contribution is -0.131. The maximum Gasteiger partial charge on any atom is 0.308 e. The monoisotopic (exact) mass is 520 g/mol. The number of para-hydroxylation sites is 2. The minimum atomic E-state index is -0.475. The number of carbonyl (C=O) groups excluding carboxylic acids is 1. The molecule has 0 bridgehead atoms. The van der Waals surface area contributed by atoms with Crippen LogP contribution in [0.4, 0.5) is 0 Å². The molecule has 6 heteroatoms. The molecule has 6 nitrogen and oxygen atoms in total. The summed E-state index contributed by atoms with van der Waals surface area (Å²) in [5.41, 5.74) is 1.10. The van der Waals surface area contributed by atoms with Crippen LogP contribution in [-0.2, 0) is 11.2 Å². The van der Waals surface area contributed by atoms with Crippen LogP contribution in [-0.4, -0.2) is 19.7 Å². The minimum Gasteiger partial charge on any atom is -0.497 e. The number of ether oxygens (including phenoxy) is 5. The van der Waals surface area contributed by atoms with E-state index in [1.54, 1.807) is 7.11 Å². The summed E-state index contributed by atoms with van der Waals surface area (Å²) in [6, 6.07) is 34.1. The van der Waals surface area contributed by atoms with Crippen LogP contribution >= 0.6 is 0 Å². The quantitative estimate of drug-likeness (QED) is 0.137. The van der Waals surface area contributed by atoms with Gasteiger partial charge in [-0.05, 0) is 42.0 Å². The van der Waals surface area contributed by atoms with Crippen LogP contribution in [0.25, 0.3) is 10.8 Å². The molecule has 0 aliphatic rings. The van der Waals surface area contributed by atoms with Gasteiger partial charge in [0.25, 0.3) is 0 Å². The average molecular weight is 521 g/mol. The van der Waals surface area contributed by atoms with Crippen molar-refractivity contribution in [3.8, 4) is 40.2 Å². The third-order valence-electron chi connectivity index (χ3n) is 6.00. The molecule has 5 aromatic carbocycles. The van der Waals surface area contributed by atoms with E-state index < -0.39 is 5.97 Å². The molecule has 0 N–H and O–H groups in total. The average Bonchev–Trinajstić information content (AvgIpc) is 2.97. The summed E-state index contributed by atoms with van der Waals surface area (Å²) >= 11 is 0. The van der Waals surface area contributed by atoms with Crippen LogP contribution in [0.2, 0.25) is 0 Å². The molecule has 196 valence electrons. The zero-order valence-corrected chi connectivity index (χ0v) is 21.8. The van der Waals surface area contributed by atoms with Crippen molar-refractivity contribution in [2.75, 3.05) is 13.7 Å². The van der Waals surface area contributed by atoms with Crippen molar-refractivity contribution in [1.82, 2.24) is 0 Å². The number of rotatable bonds is 10. The summed E-state index contributed by atoms with van der Waals surface area (Å²) in [5, 5.41) is 1.40. The van der Waals surface area contributed by atoms with Gasteiger partial charge in [-0.3, -0.25) is 4.79 Å². The van der Waals surface area contributed by atoms with E-state index >= 15 is 0 Å². The number of carbonyl (C=O) groups is 1. The fraction of sp³-hybridized carbons (Fsp3) is 0.121. The van der Waals surface area contributed by atoms with Crippen molar-refractivity contribution in [3.63, 3.8) is 0 Å². The zero-order chi connectivity index (χ0) is 27.0. The highest BCUT2D eigenvalue weighted by molar-refractivity contribution is 6.00. The maximum atomic E-state index is 12.2. The molecule has 0 unspecified atom stereocenters. The van der Waals surface area contributed by atoms with E-state index in [-0.39, 0.29) is 11.5 Å². The van der Waals surface area contributed by atoms with Crippen LogP contribution in [0.5, 0.6) is 40.2 Å². The van der Waals surface area contributed by atoms with Gasteiger partial charge in [0.2, 0.25) is 11.5 Å². The Morgan fingerprint density at radius 3 is 1.64 bits per heavy atom. The molecule has 0 aromatic heterocycles. The number of fused-ring (bicyclic) bond motifs is 1. The van der Waals surface area contributed by atoms with Gasteiger partial charge < -0.3 is 23.7 Å². The zero-order valence-electron chi connectivity index (χ0n) is 21.8. The standard InChI is InChI=1S/C33H28O6/c1-23(34)37-31-29-16-10-9-15-28(29)30(36-22-21-24-17-19-25(35-2)20-18-24)32(38-26-11-5-3-6-12-26)33(31)39-27-13-7-4-8-14-27/h3-20H,21-22H2,1-2H3. The number of esters is 1. The van der Waals surface area contributed by atoms with Gasteiger partial charge in [-0.25, -0.2) is 0 Å². The molecule has 0 radical (unpaired) electrons. The molecule has 0 spiro atoms. The number of hydrogen-bond donors (Lipinski definition) is 0. The number of methoxy groups -OCH3 is 1. The topological polar surface area (TPSA) is 63.2 Å². The highest BCUT2D eigenvalue weighted by Gasteiger charge is 2.27. The van der Waals surface area contributed by atoms with E-state index in [0.29, 0.717) is 41.4 Å². The molecule has 0 aliphatic carbocycles. The highest BCUT2D eigenvalue weighted by atomic mass is 16.6. The second kappa shape index (κ2) is 12.0. The fourth-order valence-corrected chi connectivity index (χ4v) is 4.18. The lowest BCUT2D eigenvalue weighted by Gasteiger charge is -2.22. The second-order valence-corrected chi connectivity index (χ2v) is 8.73. The first-order chi connectivity index (χ1) is 19.1. The van der Waals surface area contributed by atoms with Crippen molar-refractivity contribution in [3.05, 3.63) is 115 Å². The molecule has 0 atom stereocenters. The smallest absolute Gasteiger partial charge is 0.308 e. The molecule has 5 rings (SSSR count). The number of hydrogen-bond acceptors (Lipinski definition) is 6. The van der Waals surface area contributed by atoms with Gasteiger partial charge in [-0.1, -0.05) is 72.8 Å². The molecular formula is C33H28O6. The van der Waals surface area contributed by atoms with Crippen molar-refractivity contribution < 1.29 is 28.5 Å². The molecule has 39 heavy (non-hydrogen) atoms. The minimum absolute atomic E-state index is 0.249. The van der Waals surface area contributed by atoms with Crippen LogP contribution in [0, 0.1) is 0 Å². The van der Waals surface area contributed by atoms with E-state index in [1.165, 1.54) is 6.92 Å². The lowest BCUT2D eigenvalue weighted by atomic mass is 10.1. The summed E-state index contributed by atoms with van der Waals surface area (Å²) in [5.74, 6) is 2.78. The molecule has 0 fully saturated rings. The Bertz CT molecular complexity index is 1550. The van der Waals surface area contributed by atoms with Crippen LogP contribution in [0.15, 0.2) is 109 Å². The van der Waals surface area contributed by atoms with E-state index in [4.69, 9.17) is 23.7 Å². The Balaban J connectivity index is 1.63. The Kier molecular flexibility index (Phi) is 7.93. The normalized spacial score (nSPS) is 10.6. The maximum absolute atomic E-state index is 12.2. The summed E-state index contributed by atoms with van der Waals surface area (Å²) in [6.45, 7) is 1.73. The summed E-state index contributed by atoms with van der Waals surface area (Å²) in [6.07, 6.45) is 0.656. The summed E-state index contributed by atoms with van der Waals surface area (Å²) < 4.78 is 30.2. The molecule has 0 amide bonds. The van der Waals surface area contributed by atoms with Gasteiger partial charge in [0, 0.05) is 24.1 Å². The van der Waals surface area contributed by atoms with Gasteiger partial charge in [-0.15, -0.1) is 0 Å². The molecule has 0 aliphatic heterocycles. The first-order valence-corrected chi connectivity index (χ1v) is 12.6. The third-order valence-corrected chi connectivity index (χ3v) is 6.00. The van der Waals surface area contributed by atoms with E-state index in [0.717, 1.165) is 16.7 Å². The predicted octanol–water partition coefficient (Wildman–Crippen LogP) is 7.98. The van der Waals surface area contributed by atoms with E-state index in [9.17, 15) is 4.79 Å². The SMILES string of the molecule is COc1ccc(CCOc2c(Oc3ccccc3)c(Oc3ccccc3)c(OC(C)=O)c3ccccc23)cc1. The van der Waals surface area contributed by atoms with Gasteiger partial charge in [0.15, 0.2) is 11.5 Å². The van der Waals surface area contributed by atoms with Gasteiger partial charge in [-0.2, -0.15) is 0 Å². The Morgan fingerprint density at radius 1 is 0.590 bits per heavy atom. The predicted molar refractivity (Wildman–Crippen MR) is 150 cm³/mol. The molecular weight excluding hydrogens is 492 g/mol. The second-order valence-electron chi connectivity index (χ2n) is 8.73. The largest absolute Gasteiger partial charge is 0.497 e. The van der Waals surface area contributed by atoms with Crippen molar-refractivity contribution in [2.24, 2.45) is 0 Å². The molecule has 0 saturated heterocycles. The Labute approximate surface area is 227 Å². The third kappa shape index (κ3) is 6.13. The first-order valence-electron chi connectivity index (χ1n) is 12.6. The summed E-state index contributed by atoms with van der Waals surface area (Å²) in [4.78, 5) is 12.2.